The number of nitrogens with zero attached hydrogens (tertiary/aromatic N) is 1. The van der Waals surface area contributed by atoms with Crippen LogP contribution in [0.1, 0.15) is 29.0 Å². The van der Waals surface area contributed by atoms with Gasteiger partial charge in [-0.25, -0.2) is 4.39 Å². The van der Waals surface area contributed by atoms with E-state index >= 15 is 0 Å². The largest absolute Gasteiger partial charge is 0.344 e. The summed E-state index contributed by atoms with van der Waals surface area (Å²) in [7, 11) is 0. The van der Waals surface area contributed by atoms with Gasteiger partial charge in [0.25, 0.3) is 5.91 Å². The maximum atomic E-state index is 13.3. The maximum absolute atomic E-state index is 13.3. The molecule has 0 aliphatic rings. The van der Waals surface area contributed by atoms with E-state index in [2.05, 4.69) is 15.5 Å². The molecule has 0 saturated carbocycles. The Labute approximate surface area is 133 Å². The summed E-state index contributed by atoms with van der Waals surface area (Å²) in [6.45, 7) is 1.81. The molecule has 0 aliphatic carbocycles. The van der Waals surface area contributed by atoms with Gasteiger partial charge in [-0.2, -0.15) is 5.10 Å². The van der Waals surface area contributed by atoms with Crippen molar-refractivity contribution in [3.8, 4) is 11.3 Å². The second kappa shape index (κ2) is 6.44. The first kappa shape index (κ1) is 15.0. The molecule has 0 radical (unpaired) electrons. The van der Waals surface area contributed by atoms with Crippen LogP contribution in [0.5, 0.6) is 0 Å². The third kappa shape index (κ3) is 3.45. The molecule has 1 aromatic heterocycles. The molecule has 3 rings (SSSR count). The highest BCUT2D eigenvalue weighted by Gasteiger charge is 2.14. The minimum atomic E-state index is -0.323. The Bertz CT molecular complexity index is 814. The Balaban J connectivity index is 1.73. The van der Waals surface area contributed by atoms with Crippen molar-refractivity contribution < 1.29 is 9.18 Å². The van der Waals surface area contributed by atoms with Gasteiger partial charge in [0, 0.05) is 5.56 Å². The topological polar surface area (TPSA) is 57.8 Å². The number of halogens is 1. The van der Waals surface area contributed by atoms with Crippen LogP contribution in [0.2, 0.25) is 0 Å². The number of nitrogens with one attached hydrogen (secondary N) is 2. The summed E-state index contributed by atoms with van der Waals surface area (Å²) < 4.78 is 13.3. The number of aromatic amines is 1. The Morgan fingerprint density at radius 3 is 2.65 bits per heavy atom. The predicted octanol–water partition coefficient (Wildman–Crippen LogP) is 3.71. The van der Waals surface area contributed by atoms with Crippen LogP contribution in [0, 0.1) is 5.82 Å². The lowest BCUT2D eigenvalue weighted by atomic mass is 10.1. The third-order valence-electron chi connectivity index (χ3n) is 3.59. The van der Waals surface area contributed by atoms with Crippen molar-refractivity contribution in [2.45, 2.75) is 13.0 Å². The monoisotopic (exact) mass is 309 g/mol. The minimum Gasteiger partial charge on any atom is -0.344 e. The van der Waals surface area contributed by atoms with Crippen molar-refractivity contribution in [2.75, 3.05) is 0 Å². The predicted molar refractivity (Wildman–Crippen MR) is 86.3 cm³/mol. The van der Waals surface area contributed by atoms with Crippen molar-refractivity contribution in [2.24, 2.45) is 0 Å². The highest BCUT2D eigenvalue weighted by Crippen LogP contribution is 2.18. The summed E-state index contributed by atoms with van der Waals surface area (Å²) in [4.78, 5) is 12.3. The average Bonchev–Trinajstić information content (AvgIpc) is 3.06. The van der Waals surface area contributed by atoms with Crippen molar-refractivity contribution >= 4 is 5.91 Å². The molecule has 0 aliphatic heterocycles. The zero-order valence-corrected chi connectivity index (χ0v) is 12.6. The Kier molecular flexibility index (Phi) is 4.19. The molecule has 2 N–H and O–H groups in total. The molecule has 1 amide bonds. The molecule has 2 aromatic carbocycles. The second-order valence-corrected chi connectivity index (χ2v) is 5.28. The molecule has 0 fully saturated rings. The van der Waals surface area contributed by atoms with E-state index in [4.69, 9.17) is 0 Å². The lowest BCUT2D eigenvalue weighted by molar-refractivity contribution is 0.0934. The van der Waals surface area contributed by atoms with E-state index in [0.717, 1.165) is 5.56 Å². The van der Waals surface area contributed by atoms with Gasteiger partial charge < -0.3 is 5.32 Å². The van der Waals surface area contributed by atoms with E-state index in [1.807, 2.05) is 30.3 Å². The van der Waals surface area contributed by atoms with Crippen molar-refractivity contribution in [3.63, 3.8) is 0 Å². The van der Waals surface area contributed by atoms with Gasteiger partial charge in [-0.3, -0.25) is 9.89 Å². The molecular formula is C18H16FN3O. The zero-order valence-electron chi connectivity index (χ0n) is 12.6. The van der Waals surface area contributed by atoms with Crippen LogP contribution >= 0.6 is 0 Å². The van der Waals surface area contributed by atoms with Crippen LogP contribution in [-0.2, 0) is 0 Å². The lowest BCUT2D eigenvalue weighted by Gasteiger charge is -2.13. The third-order valence-corrected chi connectivity index (χ3v) is 3.59. The highest BCUT2D eigenvalue weighted by atomic mass is 19.1. The van der Waals surface area contributed by atoms with E-state index in [1.165, 1.54) is 12.1 Å². The number of aromatic nitrogens is 2. The number of H-pyrrole nitrogens is 1. The normalized spacial score (nSPS) is 11.9. The van der Waals surface area contributed by atoms with Gasteiger partial charge in [0.15, 0.2) is 0 Å². The first-order valence-electron chi connectivity index (χ1n) is 7.30. The molecule has 116 valence electrons. The molecule has 1 heterocycles. The lowest BCUT2D eigenvalue weighted by Crippen LogP contribution is -2.27. The SMILES string of the molecule is CC(NC(=O)c1cc(-c2ccccc2)n[nH]1)c1cccc(F)c1. The number of carbonyl (C=O) groups is 1. The van der Waals surface area contributed by atoms with Crippen LogP contribution in [-0.4, -0.2) is 16.1 Å². The fourth-order valence-electron chi connectivity index (χ4n) is 2.33. The van der Waals surface area contributed by atoms with Gasteiger partial charge in [-0.1, -0.05) is 42.5 Å². The van der Waals surface area contributed by atoms with Crippen molar-refractivity contribution in [3.05, 3.63) is 77.7 Å². The zero-order chi connectivity index (χ0) is 16.2. The molecule has 0 spiro atoms. The minimum absolute atomic E-state index is 0.281. The van der Waals surface area contributed by atoms with Gasteiger partial charge in [-0.05, 0) is 30.7 Å². The number of hydrogen-bond donors (Lipinski definition) is 2. The van der Waals surface area contributed by atoms with Gasteiger partial charge in [0.05, 0.1) is 11.7 Å². The van der Waals surface area contributed by atoms with E-state index in [9.17, 15) is 9.18 Å². The highest BCUT2D eigenvalue weighted by molar-refractivity contribution is 5.93. The Morgan fingerprint density at radius 1 is 1.13 bits per heavy atom. The van der Waals surface area contributed by atoms with Crippen LogP contribution in [0.4, 0.5) is 4.39 Å². The van der Waals surface area contributed by atoms with Gasteiger partial charge >= 0.3 is 0 Å². The number of hydrogen-bond acceptors (Lipinski definition) is 2. The molecule has 1 atom stereocenters. The molecule has 3 aromatic rings. The van der Waals surface area contributed by atoms with E-state index in [-0.39, 0.29) is 17.8 Å². The molecular weight excluding hydrogens is 293 g/mol. The summed E-state index contributed by atoms with van der Waals surface area (Å²) in [6, 6.07) is 17.2. The Hall–Kier alpha value is -2.95. The number of carbonyl (C=O) groups excluding carboxylic acids is 1. The smallest absolute Gasteiger partial charge is 0.269 e. The molecule has 0 saturated heterocycles. The maximum Gasteiger partial charge on any atom is 0.269 e. The molecule has 5 heteroatoms. The first-order valence-corrected chi connectivity index (χ1v) is 7.30. The van der Waals surface area contributed by atoms with Gasteiger partial charge in [-0.15, -0.1) is 0 Å². The molecule has 0 bridgehead atoms. The first-order chi connectivity index (χ1) is 11.1. The van der Waals surface area contributed by atoms with Gasteiger partial charge in [0.2, 0.25) is 0 Å². The van der Waals surface area contributed by atoms with Crippen LogP contribution in [0.3, 0.4) is 0 Å². The summed E-state index contributed by atoms with van der Waals surface area (Å²) in [5, 5.41) is 9.72. The summed E-state index contributed by atoms with van der Waals surface area (Å²) >= 11 is 0. The summed E-state index contributed by atoms with van der Waals surface area (Å²) in [5.41, 5.74) is 2.71. The summed E-state index contributed by atoms with van der Waals surface area (Å²) in [5.74, 6) is -0.604. The van der Waals surface area contributed by atoms with Crippen LogP contribution < -0.4 is 5.32 Å². The Morgan fingerprint density at radius 2 is 1.91 bits per heavy atom. The standard InChI is InChI=1S/C18H16FN3O/c1-12(14-8-5-9-15(19)10-14)20-18(23)17-11-16(21-22-17)13-6-3-2-4-7-13/h2-12H,1H3,(H,20,23)(H,21,22). The molecule has 4 nitrogen and oxygen atoms in total. The number of amides is 1. The van der Waals surface area contributed by atoms with E-state index < -0.39 is 0 Å². The van der Waals surface area contributed by atoms with Crippen molar-refractivity contribution in [1.82, 2.24) is 15.5 Å². The van der Waals surface area contributed by atoms with Gasteiger partial charge in [0.1, 0.15) is 11.5 Å². The van der Waals surface area contributed by atoms with E-state index in [1.54, 1.807) is 25.1 Å². The van der Waals surface area contributed by atoms with Crippen molar-refractivity contribution in [1.29, 1.82) is 0 Å². The fraction of sp³-hybridized carbons (Fsp3) is 0.111. The average molecular weight is 309 g/mol. The fourth-order valence-corrected chi connectivity index (χ4v) is 2.33. The second-order valence-electron chi connectivity index (χ2n) is 5.28. The number of rotatable bonds is 4. The quantitative estimate of drug-likeness (QED) is 0.772. The molecule has 23 heavy (non-hydrogen) atoms. The molecule has 1 unspecified atom stereocenters. The summed E-state index contributed by atoms with van der Waals surface area (Å²) in [6.07, 6.45) is 0. The number of benzene rings is 2. The van der Waals surface area contributed by atoms with Crippen LogP contribution in [0.15, 0.2) is 60.7 Å². The van der Waals surface area contributed by atoms with Crippen LogP contribution in [0.25, 0.3) is 11.3 Å². The van der Waals surface area contributed by atoms with E-state index in [0.29, 0.717) is 17.0 Å².